The molecule has 0 spiro atoms. The van der Waals surface area contributed by atoms with Gasteiger partial charge in [-0.05, 0) is 49.6 Å². The Morgan fingerprint density at radius 3 is 2.19 bits per heavy atom. The van der Waals surface area contributed by atoms with E-state index in [2.05, 4.69) is 67.3 Å². The first-order chi connectivity index (χ1) is 15.5. The molecule has 4 heteroatoms. The maximum absolute atomic E-state index is 12.7. The number of hydrogen-bond donors (Lipinski definition) is 0. The van der Waals surface area contributed by atoms with Gasteiger partial charge in [-0.3, -0.25) is 9.69 Å². The number of aryl methyl sites for hydroxylation is 3. The minimum Gasteiger partial charge on any atom is -0.484 e. The summed E-state index contributed by atoms with van der Waals surface area (Å²) in [6.45, 7) is 9.56. The molecule has 1 fully saturated rings. The summed E-state index contributed by atoms with van der Waals surface area (Å²) in [7, 11) is 0. The summed E-state index contributed by atoms with van der Waals surface area (Å²) in [6.07, 6.45) is 0. The van der Waals surface area contributed by atoms with Crippen LogP contribution < -0.4 is 4.74 Å². The van der Waals surface area contributed by atoms with Gasteiger partial charge in [0.1, 0.15) is 5.75 Å². The molecule has 0 aliphatic carbocycles. The Labute approximate surface area is 191 Å². The van der Waals surface area contributed by atoms with Crippen LogP contribution in [0.25, 0.3) is 0 Å². The minimum absolute atomic E-state index is 0.0493. The van der Waals surface area contributed by atoms with Crippen molar-refractivity contribution in [3.63, 3.8) is 0 Å². The molecule has 0 saturated carbocycles. The number of benzene rings is 3. The number of nitrogens with zero attached hydrogens (tertiary/aromatic N) is 2. The number of carbonyl (C=O) groups excluding carboxylic acids is 1. The molecule has 32 heavy (non-hydrogen) atoms. The monoisotopic (exact) mass is 428 g/mol. The van der Waals surface area contributed by atoms with Gasteiger partial charge in [0.25, 0.3) is 5.91 Å². The predicted octanol–water partition coefficient (Wildman–Crippen LogP) is 4.92. The molecular weight excluding hydrogens is 396 g/mol. The summed E-state index contributed by atoms with van der Waals surface area (Å²) >= 11 is 0. The van der Waals surface area contributed by atoms with E-state index in [-0.39, 0.29) is 18.6 Å². The van der Waals surface area contributed by atoms with Crippen LogP contribution in [-0.2, 0) is 4.79 Å². The molecule has 3 aromatic rings. The first kappa shape index (κ1) is 22.1. The van der Waals surface area contributed by atoms with Crippen LogP contribution >= 0.6 is 0 Å². The lowest BCUT2D eigenvalue weighted by molar-refractivity contribution is -0.135. The van der Waals surface area contributed by atoms with Crippen molar-refractivity contribution in [3.8, 4) is 5.75 Å². The minimum atomic E-state index is 0.0493. The lowest BCUT2D eigenvalue weighted by atomic mass is 9.92. The summed E-state index contributed by atoms with van der Waals surface area (Å²) in [6, 6.07) is 25.4. The van der Waals surface area contributed by atoms with Crippen molar-refractivity contribution < 1.29 is 9.53 Å². The van der Waals surface area contributed by atoms with E-state index in [9.17, 15) is 4.79 Å². The Balaban J connectivity index is 1.44. The number of carbonyl (C=O) groups is 1. The van der Waals surface area contributed by atoms with Crippen LogP contribution in [0.3, 0.4) is 0 Å². The lowest BCUT2D eigenvalue weighted by Gasteiger charge is -2.40. The highest BCUT2D eigenvalue weighted by Gasteiger charge is 2.29. The Hall–Kier alpha value is -3.11. The highest BCUT2D eigenvalue weighted by Crippen LogP contribution is 2.32. The average molecular weight is 429 g/mol. The fourth-order valence-electron chi connectivity index (χ4n) is 4.38. The second kappa shape index (κ2) is 10.0. The van der Waals surface area contributed by atoms with E-state index < -0.39 is 0 Å². The second-order valence-corrected chi connectivity index (χ2v) is 8.69. The van der Waals surface area contributed by atoms with Crippen molar-refractivity contribution in [2.45, 2.75) is 26.8 Å². The van der Waals surface area contributed by atoms with Gasteiger partial charge in [0.2, 0.25) is 0 Å². The Morgan fingerprint density at radius 2 is 1.50 bits per heavy atom. The van der Waals surface area contributed by atoms with Gasteiger partial charge in [0, 0.05) is 26.2 Å². The van der Waals surface area contributed by atoms with E-state index in [1.807, 2.05) is 36.1 Å². The van der Waals surface area contributed by atoms with Crippen LogP contribution in [0.1, 0.15) is 33.9 Å². The van der Waals surface area contributed by atoms with Crippen LogP contribution in [0, 0.1) is 20.8 Å². The number of piperazine rings is 1. The van der Waals surface area contributed by atoms with E-state index in [4.69, 9.17) is 4.74 Å². The molecule has 0 aromatic heterocycles. The predicted molar refractivity (Wildman–Crippen MR) is 129 cm³/mol. The van der Waals surface area contributed by atoms with Gasteiger partial charge >= 0.3 is 0 Å². The zero-order valence-corrected chi connectivity index (χ0v) is 19.3. The van der Waals surface area contributed by atoms with Crippen LogP contribution in [0.5, 0.6) is 5.75 Å². The van der Waals surface area contributed by atoms with E-state index in [1.165, 1.54) is 27.8 Å². The highest BCUT2D eigenvalue weighted by molar-refractivity contribution is 5.77. The van der Waals surface area contributed by atoms with E-state index in [1.54, 1.807) is 0 Å². The topological polar surface area (TPSA) is 32.8 Å². The van der Waals surface area contributed by atoms with Crippen LogP contribution in [0.15, 0.2) is 72.8 Å². The summed E-state index contributed by atoms with van der Waals surface area (Å²) < 4.78 is 5.71. The molecule has 1 aliphatic rings. The summed E-state index contributed by atoms with van der Waals surface area (Å²) in [5, 5.41) is 0. The Morgan fingerprint density at radius 1 is 0.844 bits per heavy atom. The van der Waals surface area contributed by atoms with Crippen molar-refractivity contribution >= 4 is 5.91 Å². The third kappa shape index (κ3) is 5.20. The van der Waals surface area contributed by atoms with E-state index in [0.717, 1.165) is 18.8 Å². The zero-order valence-electron chi connectivity index (χ0n) is 19.3. The molecule has 3 aromatic carbocycles. The van der Waals surface area contributed by atoms with Gasteiger partial charge < -0.3 is 9.64 Å². The Kier molecular flexibility index (Phi) is 6.91. The fraction of sp³-hybridized carbons (Fsp3) is 0.321. The first-order valence-electron chi connectivity index (χ1n) is 11.3. The largest absolute Gasteiger partial charge is 0.484 e. The van der Waals surface area contributed by atoms with Gasteiger partial charge in [-0.25, -0.2) is 0 Å². The summed E-state index contributed by atoms with van der Waals surface area (Å²) in [5.41, 5.74) is 6.39. The van der Waals surface area contributed by atoms with Gasteiger partial charge in [0.15, 0.2) is 6.61 Å². The van der Waals surface area contributed by atoms with E-state index in [0.29, 0.717) is 13.1 Å². The van der Waals surface area contributed by atoms with Gasteiger partial charge in [0.05, 0.1) is 6.04 Å². The maximum Gasteiger partial charge on any atom is 0.260 e. The fourth-order valence-corrected chi connectivity index (χ4v) is 4.38. The van der Waals surface area contributed by atoms with E-state index >= 15 is 0 Å². The molecule has 1 aliphatic heterocycles. The van der Waals surface area contributed by atoms with Crippen LogP contribution in [0.4, 0.5) is 0 Å². The van der Waals surface area contributed by atoms with Gasteiger partial charge in [-0.1, -0.05) is 71.8 Å². The number of ether oxygens (including phenoxy) is 1. The second-order valence-electron chi connectivity index (χ2n) is 8.69. The quantitative estimate of drug-likeness (QED) is 0.558. The van der Waals surface area contributed by atoms with Crippen molar-refractivity contribution in [2.75, 3.05) is 32.8 Å². The van der Waals surface area contributed by atoms with Gasteiger partial charge in [-0.2, -0.15) is 0 Å². The first-order valence-corrected chi connectivity index (χ1v) is 11.3. The summed E-state index contributed by atoms with van der Waals surface area (Å²) in [5.74, 6) is 0.787. The molecule has 1 atom stereocenters. The van der Waals surface area contributed by atoms with Crippen molar-refractivity contribution in [3.05, 3.63) is 101 Å². The van der Waals surface area contributed by atoms with Crippen LogP contribution in [-0.4, -0.2) is 48.5 Å². The van der Waals surface area contributed by atoms with Crippen molar-refractivity contribution in [1.82, 2.24) is 9.80 Å². The highest BCUT2D eigenvalue weighted by atomic mass is 16.5. The molecule has 0 bridgehead atoms. The molecule has 166 valence electrons. The zero-order chi connectivity index (χ0) is 22.5. The molecule has 0 radical (unpaired) electrons. The van der Waals surface area contributed by atoms with Gasteiger partial charge in [-0.15, -0.1) is 0 Å². The Bertz CT molecular complexity index is 1040. The summed E-state index contributed by atoms with van der Waals surface area (Å²) in [4.78, 5) is 17.2. The third-order valence-electron chi connectivity index (χ3n) is 6.26. The van der Waals surface area contributed by atoms with Crippen LogP contribution in [0.2, 0.25) is 0 Å². The lowest BCUT2D eigenvalue weighted by Crippen LogP contribution is -2.51. The molecule has 1 heterocycles. The number of rotatable bonds is 6. The molecule has 1 saturated heterocycles. The standard InChI is InChI=1S/C28H32N2O2/c1-21-10-13-25(14-11-21)32-20-27(31)29-15-17-30(18-16-29)28(24-7-5-4-6-8-24)26-19-22(2)9-12-23(26)3/h4-14,19,28H,15-18,20H2,1-3H3/t28-/m0/s1. The SMILES string of the molecule is Cc1ccc(OCC(=O)N2CCN([C@@H](c3ccccc3)c3cc(C)ccc3C)CC2)cc1. The van der Waals surface area contributed by atoms with Crippen molar-refractivity contribution in [1.29, 1.82) is 0 Å². The molecule has 4 nitrogen and oxygen atoms in total. The molecular formula is C28H32N2O2. The molecule has 0 N–H and O–H groups in total. The smallest absolute Gasteiger partial charge is 0.260 e. The normalized spacial score (nSPS) is 15.4. The average Bonchev–Trinajstić information content (AvgIpc) is 2.82. The third-order valence-corrected chi connectivity index (χ3v) is 6.26. The number of hydrogen-bond acceptors (Lipinski definition) is 3. The molecule has 4 rings (SSSR count). The molecule has 0 unspecified atom stereocenters. The number of amides is 1. The van der Waals surface area contributed by atoms with Crippen molar-refractivity contribution in [2.24, 2.45) is 0 Å². The molecule has 1 amide bonds. The maximum atomic E-state index is 12.7.